The van der Waals surface area contributed by atoms with Gasteiger partial charge in [0.1, 0.15) is 17.1 Å². The molecule has 4 aromatic rings. The molecule has 0 bridgehead atoms. The molecule has 1 N–H and O–H groups in total. The first kappa shape index (κ1) is 17.5. The molecule has 0 aliphatic rings. The van der Waals surface area contributed by atoms with E-state index in [1.807, 2.05) is 49.4 Å². The second-order valence-corrected chi connectivity index (χ2v) is 7.06. The van der Waals surface area contributed by atoms with E-state index < -0.39 is 0 Å². The van der Waals surface area contributed by atoms with Crippen LogP contribution in [0.3, 0.4) is 0 Å². The average molecular weight is 379 g/mol. The molecule has 0 aliphatic carbocycles. The highest BCUT2D eigenvalue weighted by molar-refractivity contribution is 7.14. The van der Waals surface area contributed by atoms with E-state index in [0.29, 0.717) is 6.61 Å². The zero-order valence-corrected chi connectivity index (χ0v) is 16.3. The molecular weight excluding hydrogens is 356 g/mol. The van der Waals surface area contributed by atoms with Crippen LogP contribution < -0.4 is 10.1 Å². The molecule has 0 unspecified atom stereocenters. The predicted octanol–water partition coefficient (Wildman–Crippen LogP) is 5.55. The number of fused-ring (bicyclic) bond motifs is 1. The van der Waals surface area contributed by atoms with Gasteiger partial charge in [-0.25, -0.2) is 9.97 Å². The van der Waals surface area contributed by atoms with Gasteiger partial charge in [-0.15, -0.1) is 11.3 Å². The number of nitrogens with zero attached hydrogens (tertiary/aromatic N) is 3. The quantitative estimate of drug-likeness (QED) is 0.458. The van der Waals surface area contributed by atoms with Gasteiger partial charge in [0.05, 0.1) is 18.0 Å². The Morgan fingerprint density at radius 2 is 1.93 bits per heavy atom. The van der Waals surface area contributed by atoms with Crippen LogP contribution in [0.2, 0.25) is 0 Å². The number of pyridine rings is 1. The number of rotatable bonds is 7. The lowest BCUT2D eigenvalue weighted by molar-refractivity contribution is 0.340. The number of nitrogens with one attached hydrogen (secondary N) is 1. The van der Waals surface area contributed by atoms with E-state index in [4.69, 9.17) is 14.7 Å². The van der Waals surface area contributed by atoms with Crippen LogP contribution in [0, 0.1) is 0 Å². The maximum atomic E-state index is 5.49. The first-order chi connectivity index (χ1) is 13.3. The summed E-state index contributed by atoms with van der Waals surface area (Å²) < 4.78 is 7.62. The van der Waals surface area contributed by atoms with Gasteiger partial charge in [-0.3, -0.25) is 4.40 Å². The van der Waals surface area contributed by atoms with Crippen molar-refractivity contribution in [3.05, 3.63) is 59.7 Å². The van der Waals surface area contributed by atoms with Crippen molar-refractivity contribution in [2.24, 2.45) is 0 Å². The number of hydrogen-bond donors (Lipinski definition) is 1. The average Bonchev–Trinajstić information content (AvgIpc) is 3.27. The minimum atomic E-state index is 0.669. The molecular formula is C21H22N4OS. The van der Waals surface area contributed by atoms with E-state index in [9.17, 15) is 0 Å². The molecule has 5 nitrogen and oxygen atoms in total. The number of benzene rings is 1. The lowest BCUT2D eigenvalue weighted by Gasteiger charge is -2.05. The molecule has 0 aliphatic heterocycles. The Kier molecular flexibility index (Phi) is 5.07. The van der Waals surface area contributed by atoms with Crippen molar-refractivity contribution < 1.29 is 4.74 Å². The molecule has 6 heteroatoms. The van der Waals surface area contributed by atoms with E-state index in [-0.39, 0.29) is 0 Å². The number of anilines is 2. The Balaban J connectivity index is 1.62. The van der Waals surface area contributed by atoms with Crippen LogP contribution in [0.5, 0.6) is 5.75 Å². The zero-order valence-electron chi connectivity index (χ0n) is 15.5. The third-order valence-corrected chi connectivity index (χ3v) is 5.01. The minimum absolute atomic E-state index is 0.669. The normalized spacial score (nSPS) is 11.0. The molecule has 27 heavy (non-hydrogen) atoms. The van der Waals surface area contributed by atoms with Crippen molar-refractivity contribution in [1.82, 2.24) is 14.4 Å². The van der Waals surface area contributed by atoms with Crippen LogP contribution in [0.15, 0.2) is 54.0 Å². The molecule has 0 saturated carbocycles. The number of aromatic nitrogens is 3. The largest absolute Gasteiger partial charge is 0.494 e. The smallest absolute Gasteiger partial charge is 0.187 e. The van der Waals surface area contributed by atoms with Crippen molar-refractivity contribution >= 4 is 27.8 Å². The number of aryl methyl sites for hydroxylation is 1. The molecule has 0 fully saturated rings. The standard InChI is InChI=1S/C21H22N4OS/c1-3-7-17-20(25-13-6-5-8-19(25)23-17)18-14-27-21(24-18)22-15-9-11-16(12-10-15)26-4-2/h5-6,8-14H,3-4,7H2,1-2H3,(H,22,24). The van der Waals surface area contributed by atoms with Crippen LogP contribution in [0.25, 0.3) is 17.0 Å². The molecule has 4 rings (SSSR count). The van der Waals surface area contributed by atoms with Gasteiger partial charge < -0.3 is 10.1 Å². The van der Waals surface area contributed by atoms with Gasteiger partial charge >= 0.3 is 0 Å². The van der Waals surface area contributed by atoms with Crippen molar-refractivity contribution in [2.75, 3.05) is 11.9 Å². The molecule has 3 aromatic heterocycles. The monoisotopic (exact) mass is 378 g/mol. The van der Waals surface area contributed by atoms with Gasteiger partial charge in [0.25, 0.3) is 0 Å². The predicted molar refractivity (Wildman–Crippen MR) is 111 cm³/mol. The summed E-state index contributed by atoms with van der Waals surface area (Å²) in [7, 11) is 0. The Morgan fingerprint density at radius 1 is 1.07 bits per heavy atom. The maximum Gasteiger partial charge on any atom is 0.187 e. The van der Waals surface area contributed by atoms with Crippen molar-refractivity contribution in [1.29, 1.82) is 0 Å². The number of hydrogen-bond acceptors (Lipinski definition) is 5. The lowest BCUT2D eigenvalue weighted by atomic mass is 10.2. The van der Waals surface area contributed by atoms with Gasteiger partial charge in [0.2, 0.25) is 0 Å². The van der Waals surface area contributed by atoms with Gasteiger partial charge in [-0.2, -0.15) is 0 Å². The molecule has 0 spiro atoms. The van der Waals surface area contributed by atoms with E-state index in [0.717, 1.165) is 52.1 Å². The van der Waals surface area contributed by atoms with E-state index in [2.05, 4.69) is 28.2 Å². The summed E-state index contributed by atoms with van der Waals surface area (Å²) >= 11 is 1.60. The van der Waals surface area contributed by atoms with Crippen molar-refractivity contribution in [3.63, 3.8) is 0 Å². The summed E-state index contributed by atoms with van der Waals surface area (Å²) in [6.07, 6.45) is 4.05. The second-order valence-electron chi connectivity index (χ2n) is 6.21. The van der Waals surface area contributed by atoms with E-state index in [1.54, 1.807) is 11.3 Å². The van der Waals surface area contributed by atoms with Crippen LogP contribution in [-0.4, -0.2) is 21.0 Å². The fourth-order valence-corrected chi connectivity index (χ4v) is 3.81. The van der Waals surface area contributed by atoms with Crippen molar-refractivity contribution in [2.45, 2.75) is 26.7 Å². The molecule has 0 amide bonds. The first-order valence-electron chi connectivity index (χ1n) is 9.20. The SMILES string of the molecule is CCCc1nc2ccccn2c1-c1csc(Nc2ccc(OCC)cc2)n1. The highest BCUT2D eigenvalue weighted by atomic mass is 32.1. The molecule has 138 valence electrons. The van der Waals surface area contributed by atoms with Gasteiger partial charge in [-0.05, 0) is 49.7 Å². The molecule has 0 radical (unpaired) electrons. The third kappa shape index (κ3) is 3.66. The molecule has 1 aromatic carbocycles. The van der Waals surface area contributed by atoms with Gasteiger partial charge in [-0.1, -0.05) is 19.4 Å². The summed E-state index contributed by atoms with van der Waals surface area (Å²) in [6.45, 7) is 4.83. The highest BCUT2D eigenvalue weighted by Gasteiger charge is 2.16. The Morgan fingerprint density at radius 3 is 2.70 bits per heavy atom. The van der Waals surface area contributed by atoms with Crippen LogP contribution in [0.4, 0.5) is 10.8 Å². The third-order valence-electron chi connectivity index (χ3n) is 4.25. The molecule has 0 saturated heterocycles. The Hall–Kier alpha value is -2.86. The van der Waals surface area contributed by atoms with E-state index >= 15 is 0 Å². The summed E-state index contributed by atoms with van der Waals surface area (Å²) in [5, 5.41) is 6.33. The van der Waals surface area contributed by atoms with Crippen LogP contribution in [0.1, 0.15) is 26.0 Å². The maximum absolute atomic E-state index is 5.49. The molecule has 0 atom stereocenters. The fraction of sp³-hybridized carbons (Fsp3) is 0.238. The van der Waals surface area contributed by atoms with Gasteiger partial charge in [0.15, 0.2) is 5.13 Å². The fourth-order valence-electron chi connectivity index (χ4n) is 3.09. The number of imidazole rings is 1. The van der Waals surface area contributed by atoms with Crippen LogP contribution >= 0.6 is 11.3 Å². The Labute approximate surface area is 162 Å². The number of thiazole rings is 1. The summed E-state index contributed by atoms with van der Waals surface area (Å²) in [5.74, 6) is 0.873. The summed E-state index contributed by atoms with van der Waals surface area (Å²) in [6, 6.07) is 14.0. The minimum Gasteiger partial charge on any atom is -0.494 e. The van der Waals surface area contributed by atoms with Crippen LogP contribution in [-0.2, 0) is 6.42 Å². The first-order valence-corrected chi connectivity index (χ1v) is 10.1. The van der Waals surface area contributed by atoms with E-state index in [1.165, 1.54) is 0 Å². The summed E-state index contributed by atoms with van der Waals surface area (Å²) in [5.41, 5.74) is 5.09. The topological polar surface area (TPSA) is 51.5 Å². The lowest BCUT2D eigenvalue weighted by Crippen LogP contribution is -1.94. The zero-order chi connectivity index (χ0) is 18.6. The number of ether oxygens (including phenoxy) is 1. The Bertz CT molecular complexity index is 1040. The summed E-state index contributed by atoms with van der Waals surface area (Å²) in [4.78, 5) is 9.61. The van der Waals surface area contributed by atoms with Gasteiger partial charge in [0, 0.05) is 17.3 Å². The molecule has 3 heterocycles. The highest BCUT2D eigenvalue weighted by Crippen LogP contribution is 2.31. The van der Waals surface area contributed by atoms with Crippen molar-refractivity contribution in [3.8, 4) is 17.1 Å². The second kappa shape index (κ2) is 7.80.